The molecule has 1 aliphatic rings. The summed E-state index contributed by atoms with van der Waals surface area (Å²) in [6.45, 7) is 3.28. The van der Waals surface area contributed by atoms with Crippen LogP contribution in [0.1, 0.15) is 32.6 Å². The molecule has 1 aromatic heterocycles. The van der Waals surface area contributed by atoms with Gasteiger partial charge >= 0.3 is 0 Å². The van der Waals surface area contributed by atoms with Crippen molar-refractivity contribution in [2.24, 2.45) is 0 Å². The van der Waals surface area contributed by atoms with Crippen LogP contribution in [-0.2, 0) is 4.79 Å². The molecule has 9 nitrogen and oxygen atoms in total. The number of imide groups is 1. The number of hydrogen-bond acceptors (Lipinski definition) is 7. The van der Waals surface area contributed by atoms with E-state index in [1.807, 2.05) is 6.92 Å². The third-order valence-electron chi connectivity index (χ3n) is 4.65. The number of carbonyl (C=O) groups excluding carboxylic acids is 3. The summed E-state index contributed by atoms with van der Waals surface area (Å²) in [4.78, 5) is 53.7. The van der Waals surface area contributed by atoms with Crippen LogP contribution in [0.4, 0.5) is 11.4 Å². The van der Waals surface area contributed by atoms with E-state index in [-0.39, 0.29) is 11.1 Å². The summed E-state index contributed by atoms with van der Waals surface area (Å²) in [5, 5.41) is 14.8. The molecule has 3 aromatic rings. The van der Waals surface area contributed by atoms with Crippen LogP contribution in [0.2, 0.25) is 0 Å². The van der Waals surface area contributed by atoms with Crippen molar-refractivity contribution in [3.05, 3.63) is 62.6 Å². The van der Waals surface area contributed by atoms with Gasteiger partial charge in [-0.25, -0.2) is 4.98 Å². The van der Waals surface area contributed by atoms with Crippen molar-refractivity contribution in [3.8, 4) is 0 Å². The zero-order chi connectivity index (χ0) is 20.9. The Morgan fingerprint density at radius 2 is 2.00 bits per heavy atom. The first-order chi connectivity index (χ1) is 13.8. The van der Waals surface area contributed by atoms with Crippen LogP contribution >= 0.6 is 11.3 Å². The summed E-state index contributed by atoms with van der Waals surface area (Å²) < 4.78 is 0.893. The number of aryl methyl sites for hydroxylation is 1. The van der Waals surface area contributed by atoms with Crippen LogP contribution in [0.15, 0.2) is 36.4 Å². The van der Waals surface area contributed by atoms with Crippen LogP contribution < -0.4 is 5.32 Å². The second-order valence-corrected chi connectivity index (χ2v) is 7.75. The molecule has 0 saturated heterocycles. The van der Waals surface area contributed by atoms with Gasteiger partial charge in [-0.2, -0.15) is 0 Å². The first-order valence-electron chi connectivity index (χ1n) is 8.61. The van der Waals surface area contributed by atoms with E-state index < -0.39 is 34.4 Å². The summed E-state index contributed by atoms with van der Waals surface area (Å²) in [5.41, 5.74) is 0.489. The average molecular weight is 410 g/mol. The van der Waals surface area contributed by atoms with Gasteiger partial charge in [0.2, 0.25) is 5.91 Å². The molecule has 0 spiro atoms. The molecule has 29 heavy (non-hydrogen) atoms. The Morgan fingerprint density at radius 1 is 1.24 bits per heavy atom. The van der Waals surface area contributed by atoms with E-state index in [9.17, 15) is 24.5 Å². The van der Waals surface area contributed by atoms with Crippen LogP contribution in [0.3, 0.4) is 0 Å². The molecule has 10 heteroatoms. The minimum Gasteiger partial charge on any atom is -0.324 e. The quantitative estimate of drug-likeness (QED) is 0.400. The fourth-order valence-corrected chi connectivity index (χ4v) is 4.14. The van der Waals surface area contributed by atoms with Gasteiger partial charge < -0.3 is 5.32 Å². The number of rotatable bonds is 4. The van der Waals surface area contributed by atoms with E-state index in [1.165, 1.54) is 30.4 Å². The van der Waals surface area contributed by atoms with Crippen molar-refractivity contribution in [1.82, 2.24) is 9.88 Å². The largest absolute Gasteiger partial charge is 0.324 e. The number of aromatic nitrogens is 1. The average Bonchev–Trinajstić information content (AvgIpc) is 3.17. The molecule has 1 atom stereocenters. The fourth-order valence-electron chi connectivity index (χ4n) is 3.27. The maximum Gasteiger partial charge on any atom is 0.282 e. The van der Waals surface area contributed by atoms with Gasteiger partial charge in [0.1, 0.15) is 11.6 Å². The van der Waals surface area contributed by atoms with Crippen molar-refractivity contribution in [3.63, 3.8) is 0 Å². The summed E-state index contributed by atoms with van der Waals surface area (Å²) in [6, 6.07) is 7.89. The maximum absolute atomic E-state index is 12.7. The van der Waals surface area contributed by atoms with E-state index in [0.717, 1.165) is 26.2 Å². The Hall–Kier alpha value is -3.66. The number of nitro groups is 1. The lowest BCUT2D eigenvalue weighted by molar-refractivity contribution is -0.385. The lowest BCUT2D eigenvalue weighted by atomic mass is 10.1. The first-order valence-corrected chi connectivity index (χ1v) is 9.43. The number of nitrogens with one attached hydrogen (secondary N) is 1. The highest BCUT2D eigenvalue weighted by Gasteiger charge is 2.44. The second kappa shape index (κ2) is 6.74. The van der Waals surface area contributed by atoms with Gasteiger partial charge in [0.25, 0.3) is 17.5 Å². The zero-order valence-electron chi connectivity index (χ0n) is 15.3. The molecule has 0 aliphatic carbocycles. The summed E-state index contributed by atoms with van der Waals surface area (Å²) >= 11 is 1.48. The van der Waals surface area contributed by atoms with E-state index in [1.54, 1.807) is 18.2 Å². The molecule has 0 radical (unpaired) electrons. The third-order valence-corrected chi connectivity index (χ3v) is 5.58. The molecule has 2 aromatic carbocycles. The van der Waals surface area contributed by atoms with Gasteiger partial charge in [0.05, 0.1) is 25.7 Å². The highest BCUT2D eigenvalue weighted by molar-refractivity contribution is 7.18. The van der Waals surface area contributed by atoms with E-state index >= 15 is 0 Å². The minimum absolute atomic E-state index is 0.0783. The highest BCUT2D eigenvalue weighted by Crippen LogP contribution is 2.32. The Labute approximate surface area is 168 Å². The number of hydrogen-bond donors (Lipinski definition) is 1. The van der Waals surface area contributed by atoms with Gasteiger partial charge in [-0.15, -0.1) is 11.3 Å². The van der Waals surface area contributed by atoms with Gasteiger partial charge in [-0.1, -0.05) is 6.07 Å². The van der Waals surface area contributed by atoms with Crippen molar-refractivity contribution in [1.29, 1.82) is 0 Å². The summed E-state index contributed by atoms with van der Waals surface area (Å²) in [5.74, 6) is -2.17. The maximum atomic E-state index is 12.7. The van der Waals surface area contributed by atoms with E-state index in [2.05, 4.69) is 10.3 Å². The molecule has 0 saturated carbocycles. The molecule has 3 amide bonds. The molecule has 0 bridgehead atoms. The molecular weight excluding hydrogens is 396 g/mol. The highest BCUT2D eigenvalue weighted by atomic mass is 32.1. The standard InChI is InChI=1S/C19H14N4O5S/c1-9(17(24)21-11-6-7-13-15(8-11)29-10(2)20-13)22-18(25)12-4-3-5-14(23(27)28)16(12)19(22)26/h3-9H,1-2H3,(H,21,24)/t9-/m0/s1. The van der Waals surface area contributed by atoms with Gasteiger partial charge in [-0.3, -0.25) is 29.4 Å². The minimum atomic E-state index is -1.15. The third kappa shape index (κ3) is 3.03. The normalized spacial score (nSPS) is 14.2. The molecule has 4 rings (SSSR count). The molecular formula is C19H14N4O5S. The summed E-state index contributed by atoms with van der Waals surface area (Å²) in [7, 11) is 0. The van der Waals surface area contributed by atoms with E-state index in [0.29, 0.717) is 5.69 Å². The fraction of sp³-hybridized carbons (Fsp3) is 0.158. The van der Waals surface area contributed by atoms with Crippen LogP contribution in [0.5, 0.6) is 0 Å². The Kier molecular flexibility index (Phi) is 4.35. The van der Waals surface area contributed by atoms with Gasteiger partial charge in [-0.05, 0) is 38.1 Å². The van der Waals surface area contributed by atoms with Crippen LogP contribution in [0.25, 0.3) is 10.2 Å². The number of nitrogens with zero attached hydrogens (tertiary/aromatic N) is 3. The Bertz CT molecular complexity index is 1220. The van der Waals surface area contributed by atoms with E-state index in [4.69, 9.17) is 0 Å². The molecule has 2 heterocycles. The van der Waals surface area contributed by atoms with Gasteiger partial charge in [0.15, 0.2) is 0 Å². The smallest absolute Gasteiger partial charge is 0.282 e. The van der Waals surface area contributed by atoms with Crippen LogP contribution in [0, 0.1) is 17.0 Å². The zero-order valence-corrected chi connectivity index (χ0v) is 16.1. The number of thiazole rings is 1. The second-order valence-electron chi connectivity index (χ2n) is 6.52. The first kappa shape index (κ1) is 18.7. The monoisotopic (exact) mass is 410 g/mol. The number of nitro benzene ring substituents is 1. The Balaban J connectivity index is 1.60. The number of benzene rings is 2. The topological polar surface area (TPSA) is 123 Å². The number of fused-ring (bicyclic) bond motifs is 2. The van der Waals surface area contributed by atoms with Crippen molar-refractivity contribution < 1.29 is 19.3 Å². The Morgan fingerprint density at radius 3 is 2.72 bits per heavy atom. The molecule has 0 unspecified atom stereocenters. The SMILES string of the molecule is Cc1nc2ccc(NC(=O)[C@H](C)N3C(=O)c4cccc([N+](=O)[O-])c4C3=O)cc2s1. The van der Waals surface area contributed by atoms with Crippen molar-refractivity contribution in [2.45, 2.75) is 19.9 Å². The molecule has 146 valence electrons. The summed E-state index contributed by atoms with van der Waals surface area (Å²) in [6.07, 6.45) is 0. The lowest BCUT2D eigenvalue weighted by Gasteiger charge is -2.21. The van der Waals surface area contributed by atoms with Crippen molar-refractivity contribution in [2.75, 3.05) is 5.32 Å². The van der Waals surface area contributed by atoms with Gasteiger partial charge in [0, 0.05) is 11.8 Å². The molecule has 1 aliphatic heterocycles. The molecule has 0 fully saturated rings. The van der Waals surface area contributed by atoms with Crippen LogP contribution in [-0.4, -0.2) is 38.6 Å². The predicted octanol–water partition coefficient (Wildman–Crippen LogP) is 3.14. The number of anilines is 1. The molecule has 1 N–H and O–H groups in total. The lowest BCUT2D eigenvalue weighted by Crippen LogP contribution is -2.45. The van der Waals surface area contributed by atoms with Crippen molar-refractivity contribution >= 4 is 50.6 Å². The number of carbonyl (C=O) groups is 3. The predicted molar refractivity (Wildman–Crippen MR) is 106 cm³/mol. The number of amides is 3.